The van der Waals surface area contributed by atoms with Crippen LogP contribution in [0.5, 0.6) is 0 Å². The fourth-order valence-electron chi connectivity index (χ4n) is 1.65. The average Bonchev–Trinajstić information content (AvgIpc) is 2.78. The number of aliphatic carboxylic acids is 1. The number of hydrogen-bond donors (Lipinski definition) is 2. The molecule has 0 aliphatic rings. The first kappa shape index (κ1) is 15.9. The van der Waals surface area contributed by atoms with Crippen LogP contribution in [0.3, 0.4) is 0 Å². The Balaban J connectivity index is 2.19. The lowest BCUT2D eigenvalue weighted by Crippen LogP contribution is -2.46. The van der Waals surface area contributed by atoms with Gasteiger partial charge in [0.15, 0.2) is 0 Å². The minimum atomic E-state index is -1.04. The number of carbonyl (C=O) groups is 1. The summed E-state index contributed by atoms with van der Waals surface area (Å²) in [6.45, 7) is 5.31. The molecule has 2 aromatic rings. The normalized spacial score (nSPS) is 13.5. The summed E-state index contributed by atoms with van der Waals surface area (Å²) in [5.74, 6) is -0.564. The van der Waals surface area contributed by atoms with Crippen molar-refractivity contribution in [3.63, 3.8) is 0 Å². The standard InChI is InChI=1S/C12H16N4O3S2/c1-6-4-8(17)16-11(14-6)21-7(15-16)5-20-12(2,3)9(13)10(18)19/h4,9H,5,13H2,1-3H3,(H,18,19)/t9-/m1/s1. The fraction of sp³-hybridized carbons (Fsp3) is 0.500. The lowest BCUT2D eigenvalue weighted by molar-refractivity contribution is -0.139. The Kier molecular flexibility index (Phi) is 4.35. The summed E-state index contributed by atoms with van der Waals surface area (Å²) in [7, 11) is 0. The SMILES string of the molecule is Cc1cc(=O)n2nc(CSC(C)(C)[C@H](N)C(=O)O)sc2n1. The first-order valence-electron chi connectivity index (χ1n) is 6.19. The highest BCUT2D eigenvalue weighted by Crippen LogP contribution is 2.31. The van der Waals surface area contributed by atoms with Crippen LogP contribution in [0.4, 0.5) is 0 Å². The molecule has 0 amide bonds. The van der Waals surface area contributed by atoms with Gasteiger partial charge in [0, 0.05) is 22.3 Å². The minimum Gasteiger partial charge on any atom is -0.480 e. The molecule has 1 atom stereocenters. The van der Waals surface area contributed by atoms with Gasteiger partial charge in [-0.25, -0.2) is 4.98 Å². The van der Waals surface area contributed by atoms with Gasteiger partial charge in [0.2, 0.25) is 4.96 Å². The van der Waals surface area contributed by atoms with E-state index in [9.17, 15) is 9.59 Å². The maximum atomic E-state index is 11.8. The molecule has 0 aromatic carbocycles. The monoisotopic (exact) mass is 328 g/mol. The fourth-order valence-corrected chi connectivity index (χ4v) is 3.64. The van der Waals surface area contributed by atoms with E-state index in [2.05, 4.69) is 10.1 Å². The van der Waals surface area contributed by atoms with Crippen molar-refractivity contribution in [3.05, 3.63) is 27.1 Å². The molecule has 3 N–H and O–H groups in total. The number of thioether (sulfide) groups is 1. The molecule has 2 heterocycles. The smallest absolute Gasteiger partial charge is 0.321 e. The van der Waals surface area contributed by atoms with E-state index in [1.807, 2.05) is 0 Å². The van der Waals surface area contributed by atoms with Crippen molar-refractivity contribution in [3.8, 4) is 0 Å². The highest BCUT2D eigenvalue weighted by atomic mass is 32.2. The second-order valence-corrected chi connectivity index (χ2v) is 7.80. The second-order valence-electron chi connectivity index (χ2n) is 5.13. The molecule has 0 saturated carbocycles. The van der Waals surface area contributed by atoms with Crippen molar-refractivity contribution in [2.75, 3.05) is 0 Å². The Bertz CT molecular complexity index is 738. The molecule has 0 aliphatic heterocycles. The highest BCUT2D eigenvalue weighted by Gasteiger charge is 2.32. The van der Waals surface area contributed by atoms with E-state index in [0.29, 0.717) is 21.4 Å². The zero-order valence-electron chi connectivity index (χ0n) is 11.9. The van der Waals surface area contributed by atoms with Crippen molar-refractivity contribution in [2.24, 2.45) is 5.73 Å². The van der Waals surface area contributed by atoms with E-state index < -0.39 is 16.8 Å². The number of carboxylic acid groups (broad SMARTS) is 1. The van der Waals surface area contributed by atoms with E-state index in [-0.39, 0.29) is 5.56 Å². The quantitative estimate of drug-likeness (QED) is 0.838. The van der Waals surface area contributed by atoms with E-state index in [1.54, 1.807) is 20.8 Å². The third-order valence-corrected chi connectivity index (χ3v) is 5.50. The number of nitrogens with zero attached hydrogens (tertiary/aromatic N) is 3. The highest BCUT2D eigenvalue weighted by molar-refractivity contribution is 8.00. The van der Waals surface area contributed by atoms with Crippen LogP contribution in [0.15, 0.2) is 10.9 Å². The zero-order chi connectivity index (χ0) is 15.8. The van der Waals surface area contributed by atoms with Gasteiger partial charge in [-0.15, -0.1) is 11.8 Å². The molecule has 21 heavy (non-hydrogen) atoms. The molecule has 0 spiro atoms. The summed E-state index contributed by atoms with van der Waals surface area (Å²) < 4.78 is 0.621. The first-order valence-corrected chi connectivity index (χ1v) is 7.99. The van der Waals surface area contributed by atoms with Crippen molar-refractivity contribution in [1.29, 1.82) is 0 Å². The molecule has 114 valence electrons. The summed E-state index contributed by atoms with van der Waals surface area (Å²) in [5, 5.41) is 13.9. The molecule has 9 heteroatoms. The number of hydrogen-bond acceptors (Lipinski definition) is 7. The van der Waals surface area contributed by atoms with E-state index in [4.69, 9.17) is 10.8 Å². The van der Waals surface area contributed by atoms with Gasteiger partial charge in [0.05, 0.1) is 0 Å². The van der Waals surface area contributed by atoms with Crippen molar-refractivity contribution >= 4 is 34.0 Å². The van der Waals surface area contributed by atoms with Gasteiger partial charge < -0.3 is 10.8 Å². The van der Waals surface area contributed by atoms with Crippen LogP contribution in [0.2, 0.25) is 0 Å². The van der Waals surface area contributed by atoms with Crippen LogP contribution in [0, 0.1) is 6.92 Å². The summed E-state index contributed by atoms with van der Waals surface area (Å²) in [4.78, 5) is 27.5. The van der Waals surface area contributed by atoms with Gasteiger partial charge in [0.1, 0.15) is 11.0 Å². The van der Waals surface area contributed by atoms with Crippen LogP contribution >= 0.6 is 23.1 Å². The number of rotatable bonds is 5. The number of aryl methyl sites for hydroxylation is 1. The summed E-state index contributed by atoms with van der Waals surface area (Å²) in [6, 6.07) is 0.452. The molecule has 2 aromatic heterocycles. The topological polar surface area (TPSA) is 111 Å². The second kappa shape index (κ2) is 5.74. The Labute approximate surface area is 129 Å². The van der Waals surface area contributed by atoms with E-state index >= 15 is 0 Å². The number of fused-ring (bicyclic) bond motifs is 1. The van der Waals surface area contributed by atoms with Gasteiger partial charge in [0.25, 0.3) is 5.56 Å². The average molecular weight is 328 g/mol. The molecule has 7 nitrogen and oxygen atoms in total. The van der Waals surface area contributed by atoms with Gasteiger partial charge in [-0.1, -0.05) is 11.3 Å². The Morgan fingerprint density at radius 2 is 2.29 bits per heavy atom. The van der Waals surface area contributed by atoms with Crippen LogP contribution in [0.1, 0.15) is 24.5 Å². The van der Waals surface area contributed by atoms with Gasteiger partial charge in [-0.05, 0) is 20.8 Å². The first-order chi connectivity index (χ1) is 9.70. The molecule has 0 bridgehead atoms. The third-order valence-electron chi connectivity index (χ3n) is 3.00. The number of nitrogens with two attached hydrogens (primary N) is 1. The van der Waals surface area contributed by atoms with Gasteiger partial charge in [-0.3, -0.25) is 9.59 Å². The Morgan fingerprint density at radius 3 is 2.90 bits per heavy atom. The van der Waals surface area contributed by atoms with E-state index in [1.165, 1.54) is 33.7 Å². The maximum absolute atomic E-state index is 11.8. The van der Waals surface area contributed by atoms with Crippen molar-refractivity contribution in [2.45, 2.75) is 37.3 Å². The van der Waals surface area contributed by atoms with Crippen LogP contribution in [-0.4, -0.2) is 36.5 Å². The minimum absolute atomic E-state index is 0.216. The molecular formula is C12H16N4O3S2. The molecule has 0 radical (unpaired) electrons. The van der Waals surface area contributed by atoms with Gasteiger partial charge >= 0.3 is 5.97 Å². The predicted octanol–water partition coefficient (Wildman–Crippen LogP) is 0.883. The maximum Gasteiger partial charge on any atom is 0.321 e. The molecule has 0 unspecified atom stereocenters. The Hall–Kier alpha value is -1.45. The lowest BCUT2D eigenvalue weighted by Gasteiger charge is -2.27. The Morgan fingerprint density at radius 1 is 1.62 bits per heavy atom. The van der Waals surface area contributed by atoms with Crippen LogP contribution in [0.25, 0.3) is 4.96 Å². The largest absolute Gasteiger partial charge is 0.480 e. The van der Waals surface area contributed by atoms with Crippen molar-refractivity contribution < 1.29 is 9.90 Å². The summed E-state index contributed by atoms with van der Waals surface area (Å²) in [6.07, 6.45) is 0. The van der Waals surface area contributed by atoms with Crippen molar-refractivity contribution in [1.82, 2.24) is 14.6 Å². The van der Waals surface area contributed by atoms with E-state index in [0.717, 1.165) is 0 Å². The zero-order valence-corrected chi connectivity index (χ0v) is 13.5. The molecular weight excluding hydrogens is 312 g/mol. The molecule has 2 rings (SSSR count). The third kappa shape index (κ3) is 3.42. The summed E-state index contributed by atoms with van der Waals surface area (Å²) in [5.41, 5.74) is 6.11. The number of aromatic nitrogens is 3. The van der Waals surface area contributed by atoms with Crippen LogP contribution in [-0.2, 0) is 10.5 Å². The van der Waals surface area contributed by atoms with Crippen LogP contribution < -0.4 is 11.3 Å². The molecule has 0 saturated heterocycles. The molecule has 0 fully saturated rings. The number of carboxylic acids is 1. The summed E-state index contributed by atoms with van der Waals surface area (Å²) >= 11 is 2.71. The predicted molar refractivity (Wildman–Crippen MR) is 82.9 cm³/mol. The van der Waals surface area contributed by atoms with Gasteiger partial charge in [-0.2, -0.15) is 9.61 Å². The molecule has 0 aliphatic carbocycles. The lowest BCUT2D eigenvalue weighted by atomic mass is 10.1.